The zero-order valence-electron chi connectivity index (χ0n) is 8.50. The van der Waals surface area contributed by atoms with Crippen molar-refractivity contribution >= 4 is 34.5 Å². The van der Waals surface area contributed by atoms with Gasteiger partial charge in [0.05, 0.1) is 0 Å². The molecule has 0 aromatic rings. The van der Waals surface area contributed by atoms with Gasteiger partial charge in [0, 0.05) is 14.1 Å². The van der Waals surface area contributed by atoms with Gasteiger partial charge >= 0.3 is 0 Å². The second-order valence-electron chi connectivity index (χ2n) is 3.30. The summed E-state index contributed by atoms with van der Waals surface area (Å²) in [4.78, 5) is 10.5. The number of nitrogens with zero attached hydrogens (tertiary/aromatic N) is 3. The van der Waals surface area contributed by atoms with Crippen LogP contribution in [0.5, 0.6) is 0 Å². The Morgan fingerprint density at radius 2 is 2.21 bits per heavy atom. The van der Waals surface area contributed by atoms with E-state index in [2.05, 4.69) is 37.9 Å². The van der Waals surface area contributed by atoms with Crippen LogP contribution in [0.4, 0.5) is 0 Å². The summed E-state index contributed by atoms with van der Waals surface area (Å²) in [5.74, 6) is 1.25. The predicted octanol–water partition coefficient (Wildman–Crippen LogP) is 0.363. The van der Waals surface area contributed by atoms with Crippen LogP contribution in [0.15, 0.2) is 9.98 Å². The minimum atomic E-state index is -0.0107. The molecule has 1 rings (SSSR count). The van der Waals surface area contributed by atoms with Crippen molar-refractivity contribution in [1.82, 2.24) is 10.2 Å². The Kier molecular flexibility index (Phi) is 4.43. The van der Waals surface area contributed by atoms with Crippen molar-refractivity contribution in [1.29, 1.82) is 0 Å². The lowest BCUT2D eigenvalue weighted by Crippen LogP contribution is -2.47. The summed E-state index contributed by atoms with van der Waals surface area (Å²) in [6, 6.07) is 0. The zero-order valence-corrected chi connectivity index (χ0v) is 10.7. The number of rotatable bonds is 3. The molecule has 0 bridgehead atoms. The van der Waals surface area contributed by atoms with Gasteiger partial charge in [-0.1, -0.05) is 22.6 Å². The molecule has 1 unspecified atom stereocenters. The van der Waals surface area contributed by atoms with Gasteiger partial charge < -0.3 is 10.6 Å². The van der Waals surface area contributed by atoms with Crippen molar-refractivity contribution in [3.8, 4) is 0 Å². The maximum Gasteiger partial charge on any atom is 0.202 e. The summed E-state index contributed by atoms with van der Waals surface area (Å²) in [6.45, 7) is 0. The van der Waals surface area contributed by atoms with Crippen LogP contribution in [0.2, 0.25) is 0 Å². The minimum Gasteiger partial charge on any atom is -0.370 e. The molecule has 0 saturated carbocycles. The van der Waals surface area contributed by atoms with Crippen LogP contribution >= 0.6 is 22.6 Å². The predicted molar refractivity (Wildman–Crippen MR) is 67.8 cm³/mol. The van der Waals surface area contributed by atoms with Gasteiger partial charge in [0.2, 0.25) is 5.96 Å². The van der Waals surface area contributed by atoms with Gasteiger partial charge in [-0.2, -0.15) is 0 Å². The van der Waals surface area contributed by atoms with Crippen molar-refractivity contribution in [3.63, 3.8) is 0 Å². The topological polar surface area (TPSA) is 66.0 Å². The number of hydrogen-bond donors (Lipinski definition) is 2. The van der Waals surface area contributed by atoms with Gasteiger partial charge in [-0.25, -0.2) is 9.98 Å². The van der Waals surface area contributed by atoms with Crippen LogP contribution < -0.4 is 11.1 Å². The van der Waals surface area contributed by atoms with E-state index in [1.165, 1.54) is 0 Å². The van der Waals surface area contributed by atoms with Crippen LogP contribution in [-0.2, 0) is 0 Å². The normalized spacial score (nSPS) is 20.9. The van der Waals surface area contributed by atoms with Crippen molar-refractivity contribution in [2.24, 2.45) is 15.7 Å². The molecule has 6 heteroatoms. The van der Waals surface area contributed by atoms with Gasteiger partial charge in [0.25, 0.3) is 0 Å². The van der Waals surface area contributed by atoms with E-state index in [0.717, 1.165) is 23.2 Å². The van der Waals surface area contributed by atoms with Gasteiger partial charge in [0.15, 0.2) is 5.96 Å². The van der Waals surface area contributed by atoms with E-state index in [4.69, 9.17) is 5.73 Å². The molecule has 80 valence electrons. The van der Waals surface area contributed by atoms with E-state index < -0.39 is 0 Å². The van der Waals surface area contributed by atoms with Gasteiger partial charge in [-0.3, -0.25) is 5.32 Å². The molecule has 0 aromatic carbocycles. The third kappa shape index (κ3) is 3.32. The first-order valence-electron chi connectivity index (χ1n) is 4.55. The van der Waals surface area contributed by atoms with Crippen molar-refractivity contribution in [3.05, 3.63) is 0 Å². The number of alkyl halides is 1. The molecule has 0 fully saturated rings. The van der Waals surface area contributed by atoms with Crippen molar-refractivity contribution in [2.45, 2.75) is 19.0 Å². The number of halogens is 1. The molecule has 3 N–H and O–H groups in total. The molecule has 5 nitrogen and oxygen atoms in total. The highest BCUT2D eigenvalue weighted by Crippen LogP contribution is 2.08. The first-order valence-corrected chi connectivity index (χ1v) is 6.07. The Hall–Kier alpha value is -0.530. The first kappa shape index (κ1) is 11.5. The van der Waals surface area contributed by atoms with Gasteiger partial charge in [-0.05, 0) is 17.3 Å². The number of hydrogen-bond acceptors (Lipinski definition) is 5. The Labute approximate surface area is 98.0 Å². The lowest BCUT2D eigenvalue weighted by molar-refractivity contribution is 0.556. The standard InChI is InChI=1S/C8H16IN5/c1-14(2)8-12-6(4-3-5-9)11-7(10)13-8/h6H,3-5H2,1-2H3,(H3,10,11,12,13). The summed E-state index contributed by atoms with van der Waals surface area (Å²) < 4.78 is 1.13. The van der Waals surface area contributed by atoms with Crippen LogP contribution in [0.25, 0.3) is 0 Å². The van der Waals surface area contributed by atoms with E-state index in [0.29, 0.717) is 5.96 Å². The third-order valence-electron chi connectivity index (χ3n) is 1.82. The van der Waals surface area contributed by atoms with E-state index in [-0.39, 0.29) is 6.17 Å². The van der Waals surface area contributed by atoms with Gasteiger partial charge in [0.1, 0.15) is 6.17 Å². The molecule has 0 spiro atoms. The maximum atomic E-state index is 5.65. The highest BCUT2D eigenvalue weighted by molar-refractivity contribution is 14.1. The Morgan fingerprint density at radius 1 is 1.50 bits per heavy atom. The number of guanidine groups is 2. The summed E-state index contributed by atoms with van der Waals surface area (Å²) >= 11 is 2.35. The van der Waals surface area contributed by atoms with Crippen LogP contribution in [0.3, 0.4) is 0 Å². The SMILES string of the molecule is CN(C)C1=NC(CCCI)N=C(N)N1. The Bertz CT molecular complexity index is 248. The average molecular weight is 309 g/mol. The molecule has 0 amide bonds. The summed E-state index contributed by atoms with van der Waals surface area (Å²) in [5.41, 5.74) is 5.65. The Morgan fingerprint density at radius 3 is 2.79 bits per heavy atom. The highest BCUT2D eigenvalue weighted by Gasteiger charge is 2.15. The second-order valence-corrected chi connectivity index (χ2v) is 4.38. The first-order chi connectivity index (χ1) is 6.63. The van der Waals surface area contributed by atoms with Crippen molar-refractivity contribution in [2.75, 3.05) is 18.5 Å². The number of nitrogens with two attached hydrogens (primary N) is 1. The molecule has 1 aliphatic heterocycles. The fourth-order valence-electron chi connectivity index (χ4n) is 1.13. The lowest BCUT2D eigenvalue weighted by atomic mass is 10.3. The molecular weight excluding hydrogens is 293 g/mol. The maximum absolute atomic E-state index is 5.65. The zero-order chi connectivity index (χ0) is 10.6. The summed E-state index contributed by atoms with van der Waals surface area (Å²) in [7, 11) is 3.86. The molecule has 0 saturated heterocycles. The molecule has 0 aliphatic carbocycles. The van der Waals surface area contributed by atoms with Gasteiger partial charge in [-0.15, -0.1) is 0 Å². The van der Waals surface area contributed by atoms with E-state index in [9.17, 15) is 0 Å². The fraction of sp³-hybridized carbons (Fsp3) is 0.750. The molecule has 1 aliphatic rings. The molecule has 1 heterocycles. The number of aliphatic imine (C=N–C) groups is 2. The molecule has 0 radical (unpaired) electrons. The Balaban J connectivity index is 2.60. The van der Waals surface area contributed by atoms with E-state index in [1.54, 1.807) is 0 Å². The summed E-state index contributed by atoms with van der Waals surface area (Å²) in [5, 5.41) is 2.92. The third-order valence-corrected chi connectivity index (χ3v) is 2.58. The average Bonchev–Trinajstić information content (AvgIpc) is 2.14. The van der Waals surface area contributed by atoms with E-state index in [1.807, 2.05) is 19.0 Å². The largest absolute Gasteiger partial charge is 0.370 e. The highest BCUT2D eigenvalue weighted by atomic mass is 127. The molecule has 14 heavy (non-hydrogen) atoms. The minimum absolute atomic E-state index is 0.0107. The van der Waals surface area contributed by atoms with Crippen LogP contribution in [-0.4, -0.2) is 41.5 Å². The fourth-order valence-corrected chi connectivity index (χ4v) is 1.57. The second kappa shape index (κ2) is 5.38. The lowest BCUT2D eigenvalue weighted by Gasteiger charge is -2.23. The molecular formula is C8H16IN5. The smallest absolute Gasteiger partial charge is 0.202 e. The van der Waals surface area contributed by atoms with Crippen LogP contribution in [0, 0.1) is 0 Å². The van der Waals surface area contributed by atoms with Crippen LogP contribution in [0.1, 0.15) is 12.8 Å². The number of nitrogens with one attached hydrogen (secondary N) is 1. The molecule has 1 atom stereocenters. The van der Waals surface area contributed by atoms with Crippen molar-refractivity contribution < 1.29 is 0 Å². The summed E-state index contributed by atoms with van der Waals surface area (Å²) in [6.07, 6.45) is 2.07. The van der Waals surface area contributed by atoms with E-state index >= 15 is 0 Å². The monoisotopic (exact) mass is 309 g/mol. The quantitative estimate of drug-likeness (QED) is 0.584. The molecule has 0 aromatic heterocycles.